The van der Waals surface area contributed by atoms with Crippen LogP contribution in [0.2, 0.25) is 0 Å². The highest BCUT2D eigenvalue weighted by molar-refractivity contribution is 14.0. The van der Waals surface area contributed by atoms with E-state index in [4.69, 9.17) is 4.99 Å². The zero-order chi connectivity index (χ0) is 18.4. The van der Waals surface area contributed by atoms with Crippen molar-refractivity contribution in [3.05, 3.63) is 46.2 Å². The van der Waals surface area contributed by atoms with Crippen molar-refractivity contribution < 1.29 is 4.39 Å². The van der Waals surface area contributed by atoms with Gasteiger partial charge >= 0.3 is 0 Å². The van der Waals surface area contributed by atoms with Crippen LogP contribution < -0.4 is 10.2 Å². The second-order valence-corrected chi connectivity index (χ2v) is 7.33. The summed E-state index contributed by atoms with van der Waals surface area (Å²) in [5.41, 5.74) is 1.80. The van der Waals surface area contributed by atoms with Gasteiger partial charge in [-0.2, -0.15) is 0 Å². The number of benzene rings is 1. The molecule has 27 heavy (non-hydrogen) atoms. The third kappa shape index (κ3) is 6.03. The predicted molar refractivity (Wildman–Crippen MR) is 122 cm³/mol. The van der Waals surface area contributed by atoms with E-state index in [-0.39, 0.29) is 29.8 Å². The topological polar surface area (TPSA) is 43.8 Å². The van der Waals surface area contributed by atoms with Crippen molar-refractivity contribution in [2.24, 2.45) is 4.99 Å². The maximum Gasteiger partial charge on any atom is 0.194 e. The second kappa shape index (κ2) is 10.8. The highest BCUT2D eigenvalue weighted by atomic mass is 127. The number of nitrogens with zero attached hydrogens (tertiary/aromatic N) is 4. The fourth-order valence-corrected chi connectivity index (χ4v) is 3.74. The molecule has 0 radical (unpaired) electrons. The Morgan fingerprint density at radius 1 is 1.26 bits per heavy atom. The van der Waals surface area contributed by atoms with Crippen LogP contribution in [-0.2, 0) is 6.42 Å². The molecule has 1 saturated heterocycles. The fourth-order valence-electron chi connectivity index (χ4n) is 3.09. The Bertz CT molecular complexity index is 743. The molecule has 1 aliphatic rings. The lowest BCUT2D eigenvalue weighted by Gasteiger charge is -2.37. The van der Waals surface area contributed by atoms with Gasteiger partial charge in [-0.3, -0.25) is 4.99 Å². The van der Waals surface area contributed by atoms with E-state index in [0.29, 0.717) is 5.69 Å². The molecule has 1 aliphatic heterocycles. The van der Waals surface area contributed by atoms with E-state index in [9.17, 15) is 4.39 Å². The van der Waals surface area contributed by atoms with Crippen LogP contribution in [0.15, 0.2) is 34.6 Å². The number of aromatic nitrogens is 1. The minimum Gasteiger partial charge on any atom is -0.366 e. The van der Waals surface area contributed by atoms with Gasteiger partial charge in [0.15, 0.2) is 5.96 Å². The zero-order valence-electron chi connectivity index (χ0n) is 15.8. The van der Waals surface area contributed by atoms with E-state index in [0.717, 1.165) is 62.4 Å². The molecule has 1 aromatic carbocycles. The molecule has 1 N–H and O–H groups in total. The number of para-hydroxylation sites is 1. The van der Waals surface area contributed by atoms with Crippen LogP contribution in [0, 0.1) is 12.7 Å². The smallest absolute Gasteiger partial charge is 0.194 e. The Morgan fingerprint density at radius 2 is 2.00 bits per heavy atom. The molecule has 0 spiro atoms. The summed E-state index contributed by atoms with van der Waals surface area (Å²) >= 11 is 1.68. The number of guanidine groups is 1. The first-order valence-electron chi connectivity index (χ1n) is 9.11. The van der Waals surface area contributed by atoms with Crippen LogP contribution in [0.5, 0.6) is 0 Å². The maximum absolute atomic E-state index is 14.0. The summed E-state index contributed by atoms with van der Waals surface area (Å²) in [6, 6.07) is 6.99. The van der Waals surface area contributed by atoms with Crippen molar-refractivity contribution >= 4 is 47.0 Å². The predicted octanol–water partition coefficient (Wildman–Crippen LogP) is 3.54. The lowest BCUT2D eigenvalue weighted by atomic mass is 10.2. The van der Waals surface area contributed by atoms with Gasteiger partial charge in [0.2, 0.25) is 0 Å². The molecule has 0 amide bonds. The minimum absolute atomic E-state index is 0. The van der Waals surface area contributed by atoms with Crippen LogP contribution in [0.25, 0.3) is 0 Å². The quantitative estimate of drug-likeness (QED) is 0.385. The Morgan fingerprint density at radius 3 is 2.63 bits per heavy atom. The highest BCUT2D eigenvalue weighted by Crippen LogP contribution is 2.20. The van der Waals surface area contributed by atoms with Gasteiger partial charge in [-0.25, -0.2) is 9.37 Å². The van der Waals surface area contributed by atoms with Crippen LogP contribution in [0.4, 0.5) is 10.1 Å². The lowest BCUT2D eigenvalue weighted by Crippen LogP contribution is -2.52. The normalized spacial score (nSPS) is 14.9. The van der Waals surface area contributed by atoms with Gasteiger partial charge in [0.1, 0.15) is 5.82 Å². The van der Waals surface area contributed by atoms with Crippen molar-refractivity contribution in [3.63, 3.8) is 0 Å². The van der Waals surface area contributed by atoms with Gasteiger partial charge in [0.05, 0.1) is 16.4 Å². The summed E-state index contributed by atoms with van der Waals surface area (Å²) in [6.07, 6.45) is 0.856. The van der Waals surface area contributed by atoms with E-state index in [2.05, 4.69) is 32.4 Å². The van der Waals surface area contributed by atoms with E-state index in [1.807, 2.05) is 19.1 Å². The second-order valence-electron chi connectivity index (χ2n) is 6.27. The molecule has 148 valence electrons. The van der Waals surface area contributed by atoms with E-state index < -0.39 is 0 Å². The average Bonchev–Trinajstić information content (AvgIpc) is 3.07. The number of hydrogen-bond acceptors (Lipinski definition) is 4. The molecule has 0 aliphatic carbocycles. The molecule has 3 rings (SSSR count). The largest absolute Gasteiger partial charge is 0.366 e. The molecular formula is C19H27FIN5S. The monoisotopic (exact) mass is 503 g/mol. The summed E-state index contributed by atoms with van der Waals surface area (Å²) in [6.45, 7) is 8.89. The first-order chi connectivity index (χ1) is 12.7. The Balaban J connectivity index is 0.00000261. The number of hydrogen-bond donors (Lipinski definition) is 1. The van der Waals surface area contributed by atoms with Gasteiger partial charge in [-0.05, 0) is 26.0 Å². The van der Waals surface area contributed by atoms with Gasteiger partial charge in [-0.1, -0.05) is 12.1 Å². The van der Waals surface area contributed by atoms with Crippen LogP contribution in [-0.4, -0.2) is 55.1 Å². The lowest BCUT2D eigenvalue weighted by molar-refractivity contribution is 0.371. The van der Waals surface area contributed by atoms with Crippen LogP contribution in [0.1, 0.15) is 17.6 Å². The minimum atomic E-state index is -0.153. The number of nitrogens with one attached hydrogen (secondary N) is 1. The van der Waals surface area contributed by atoms with Crippen molar-refractivity contribution in [2.75, 3.05) is 44.2 Å². The van der Waals surface area contributed by atoms with E-state index in [1.165, 1.54) is 6.07 Å². The number of halogens is 2. The van der Waals surface area contributed by atoms with Crippen molar-refractivity contribution in [1.29, 1.82) is 0 Å². The SMILES string of the molecule is CCNC(=NCCc1csc(C)n1)N1CCN(c2ccccc2F)CC1.I. The number of aryl methyl sites for hydroxylation is 1. The van der Waals surface area contributed by atoms with Crippen LogP contribution >= 0.6 is 35.3 Å². The Kier molecular flexibility index (Phi) is 8.75. The average molecular weight is 503 g/mol. The third-order valence-electron chi connectivity index (χ3n) is 4.40. The molecule has 0 atom stereocenters. The Hall–Kier alpha value is -1.42. The molecular weight excluding hydrogens is 476 g/mol. The Labute approximate surface area is 181 Å². The molecule has 0 unspecified atom stereocenters. The molecule has 8 heteroatoms. The van der Waals surface area contributed by atoms with Crippen molar-refractivity contribution in [3.8, 4) is 0 Å². The molecule has 2 aromatic rings. The van der Waals surface area contributed by atoms with Crippen LogP contribution in [0.3, 0.4) is 0 Å². The van der Waals surface area contributed by atoms with Gasteiger partial charge < -0.3 is 15.1 Å². The fraction of sp³-hybridized carbons (Fsp3) is 0.474. The zero-order valence-corrected chi connectivity index (χ0v) is 19.0. The third-order valence-corrected chi connectivity index (χ3v) is 5.23. The molecule has 1 fully saturated rings. The summed E-state index contributed by atoms with van der Waals surface area (Å²) in [5, 5.41) is 6.57. The van der Waals surface area contributed by atoms with Crippen molar-refractivity contribution in [1.82, 2.24) is 15.2 Å². The molecule has 1 aromatic heterocycles. The first kappa shape index (κ1) is 21.9. The van der Waals surface area contributed by atoms with Gasteiger partial charge in [0.25, 0.3) is 0 Å². The number of rotatable bonds is 5. The molecule has 0 bridgehead atoms. The standard InChI is InChI=1S/C19H26FN5S.HI/c1-3-21-19(22-9-8-16-14-26-15(2)23-16)25-12-10-24(11-13-25)18-7-5-4-6-17(18)20;/h4-7,14H,3,8-13H2,1-2H3,(H,21,22);1H. The number of piperazine rings is 1. The summed E-state index contributed by atoms with van der Waals surface area (Å²) < 4.78 is 14.0. The number of thiazole rings is 1. The first-order valence-corrected chi connectivity index (χ1v) is 9.99. The summed E-state index contributed by atoms with van der Waals surface area (Å²) in [5.74, 6) is 0.785. The summed E-state index contributed by atoms with van der Waals surface area (Å²) in [4.78, 5) is 13.6. The van der Waals surface area contributed by atoms with E-state index >= 15 is 0 Å². The number of aliphatic imine (C=N–C) groups is 1. The van der Waals surface area contributed by atoms with Gasteiger partial charge in [-0.15, -0.1) is 35.3 Å². The van der Waals surface area contributed by atoms with Crippen molar-refractivity contribution in [2.45, 2.75) is 20.3 Å². The van der Waals surface area contributed by atoms with Gasteiger partial charge in [0, 0.05) is 51.1 Å². The molecule has 5 nitrogen and oxygen atoms in total. The summed E-state index contributed by atoms with van der Waals surface area (Å²) in [7, 11) is 0. The maximum atomic E-state index is 14.0. The van der Waals surface area contributed by atoms with E-state index in [1.54, 1.807) is 17.4 Å². The number of anilines is 1. The molecule has 0 saturated carbocycles. The highest BCUT2D eigenvalue weighted by Gasteiger charge is 2.21. The molecule has 2 heterocycles.